The van der Waals surface area contributed by atoms with Crippen LogP contribution in [0.2, 0.25) is 0 Å². The fourth-order valence-corrected chi connectivity index (χ4v) is 7.56. The Morgan fingerprint density at radius 3 is 2.76 bits per heavy atom. The van der Waals surface area contributed by atoms with Gasteiger partial charge in [-0.05, 0) is 48.9 Å². The van der Waals surface area contributed by atoms with Crippen LogP contribution in [0.1, 0.15) is 30.9 Å². The van der Waals surface area contributed by atoms with Crippen LogP contribution in [0.25, 0.3) is 11.0 Å². The predicted molar refractivity (Wildman–Crippen MR) is 125 cm³/mol. The zero-order valence-electron chi connectivity index (χ0n) is 18.3. The second-order valence-corrected chi connectivity index (χ2v) is 11.7. The summed E-state index contributed by atoms with van der Waals surface area (Å²) in [6, 6.07) is 5.51. The lowest BCUT2D eigenvalue weighted by Gasteiger charge is -2.52. The lowest BCUT2D eigenvalue weighted by molar-refractivity contribution is 0.349. The molecule has 2 aliphatic carbocycles. The van der Waals surface area contributed by atoms with Gasteiger partial charge in [-0.25, -0.2) is 18.4 Å². The number of methoxy groups -OCH3 is 1. The minimum atomic E-state index is -3.49. The molecular formula is C23H24N6O3S. The largest absolute Gasteiger partial charge is 0.495 e. The number of amidine groups is 1. The molecule has 9 nitrogen and oxygen atoms in total. The van der Waals surface area contributed by atoms with E-state index in [9.17, 15) is 8.42 Å². The zero-order chi connectivity index (χ0) is 23.0. The summed E-state index contributed by atoms with van der Waals surface area (Å²) in [6.07, 6.45) is 7.35. The van der Waals surface area contributed by atoms with E-state index in [0.717, 1.165) is 29.7 Å². The average molecular weight is 465 g/mol. The number of nitrogens with zero attached hydrogens (tertiary/aromatic N) is 3. The molecule has 6 rings (SSSR count). The molecule has 1 aliphatic heterocycles. The van der Waals surface area contributed by atoms with Crippen molar-refractivity contribution in [3.63, 3.8) is 0 Å². The van der Waals surface area contributed by atoms with E-state index < -0.39 is 20.1 Å². The summed E-state index contributed by atoms with van der Waals surface area (Å²) >= 11 is 0. The second-order valence-electron chi connectivity index (χ2n) is 9.35. The summed E-state index contributed by atoms with van der Waals surface area (Å²) < 4.78 is 30.8. The van der Waals surface area contributed by atoms with Gasteiger partial charge in [0.2, 0.25) is 0 Å². The Hall–Kier alpha value is -3.27. The topological polar surface area (TPSA) is 130 Å². The maximum atomic E-state index is 13.4. The predicted octanol–water partition coefficient (Wildman–Crippen LogP) is 2.69. The Kier molecular flexibility index (Phi) is 4.09. The third-order valence-electron chi connectivity index (χ3n) is 7.34. The van der Waals surface area contributed by atoms with Crippen LogP contribution in [0.3, 0.4) is 0 Å². The second kappa shape index (κ2) is 6.63. The van der Waals surface area contributed by atoms with Gasteiger partial charge in [-0.15, -0.1) is 0 Å². The van der Waals surface area contributed by atoms with Crippen LogP contribution in [-0.4, -0.2) is 46.8 Å². The minimum absolute atomic E-state index is 0.00856. The summed E-state index contributed by atoms with van der Waals surface area (Å²) in [7, 11) is -1.90. The Bertz CT molecular complexity index is 1440. The maximum absolute atomic E-state index is 13.4. The molecule has 2 atom stereocenters. The first-order valence-corrected chi connectivity index (χ1v) is 12.6. The van der Waals surface area contributed by atoms with Crippen molar-refractivity contribution >= 4 is 38.2 Å². The number of pyridine rings is 3. The lowest BCUT2D eigenvalue weighted by Crippen LogP contribution is -2.70. The molecule has 3 aromatic rings. The molecule has 3 aromatic heterocycles. The van der Waals surface area contributed by atoms with E-state index in [-0.39, 0.29) is 17.5 Å². The quantitative estimate of drug-likeness (QED) is 0.537. The molecule has 0 unspecified atom stereocenters. The molecule has 0 radical (unpaired) electrons. The maximum Gasteiger partial charge on any atom is 0.165 e. The van der Waals surface area contributed by atoms with E-state index in [2.05, 4.69) is 25.6 Å². The molecule has 2 fully saturated rings. The summed E-state index contributed by atoms with van der Waals surface area (Å²) in [5.41, 5.74) is 3.20. The van der Waals surface area contributed by atoms with Crippen molar-refractivity contribution in [3.05, 3.63) is 47.9 Å². The molecule has 4 heterocycles. The number of fused-ring (bicyclic) bond motifs is 3. The highest BCUT2D eigenvalue weighted by atomic mass is 32.2. The number of rotatable bonds is 4. The van der Waals surface area contributed by atoms with Gasteiger partial charge in [0, 0.05) is 24.9 Å². The monoisotopic (exact) mass is 464 g/mol. The summed E-state index contributed by atoms with van der Waals surface area (Å²) in [6.45, 7) is 1.71. The number of hydrogen-bond donors (Lipinski definition) is 3. The first-order valence-electron chi connectivity index (χ1n) is 10.9. The van der Waals surface area contributed by atoms with Gasteiger partial charge in [0.25, 0.3) is 0 Å². The van der Waals surface area contributed by atoms with Gasteiger partial charge in [0.05, 0.1) is 35.8 Å². The van der Waals surface area contributed by atoms with Crippen LogP contribution < -0.4 is 15.4 Å². The molecule has 3 N–H and O–H groups in total. The van der Waals surface area contributed by atoms with Gasteiger partial charge < -0.3 is 15.4 Å². The van der Waals surface area contributed by atoms with Crippen molar-refractivity contribution in [2.24, 2.45) is 5.92 Å². The van der Waals surface area contributed by atoms with E-state index in [1.807, 2.05) is 18.2 Å². The highest BCUT2D eigenvalue weighted by molar-refractivity contribution is 7.93. The molecule has 3 aliphatic rings. The van der Waals surface area contributed by atoms with Crippen LogP contribution in [0, 0.1) is 11.3 Å². The first kappa shape index (κ1) is 20.3. The van der Waals surface area contributed by atoms with Gasteiger partial charge >= 0.3 is 0 Å². The Balaban J connectivity index is 1.34. The molecular weight excluding hydrogens is 440 g/mol. The van der Waals surface area contributed by atoms with Crippen molar-refractivity contribution in [1.82, 2.24) is 20.3 Å². The van der Waals surface area contributed by atoms with Gasteiger partial charge in [0.1, 0.15) is 27.7 Å². The molecule has 33 heavy (non-hydrogen) atoms. The van der Waals surface area contributed by atoms with Crippen LogP contribution >= 0.6 is 0 Å². The van der Waals surface area contributed by atoms with Gasteiger partial charge in [-0.3, -0.25) is 10.4 Å². The highest BCUT2D eigenvalue weighted by Crippen LogP contribution is 2.51. The van der Waals surface area contributed by atoms with Crippen molar-refractivity contribution in [3.8, 4) is 5.75 Å². The van der Waals surface area contributed by atoms with E-state index in [1.165, 1.54) is 0 Å². The SMILES string of the molecule is COc1cnc2c(Nc3cc4c(cn3)C[C@]43CS(=O)(=O)[C@@](C)(C4CC4)C(=N)N3)ccnc2c1. The number of sulfone groups is 1. The summed E-state index contributed by atoms with van der Waals surface area (Å²) in [5.74, 6) is 1.36. The fraction of sp³-hybridized carbons (Fsp3) is 0.391. The third-order valence-corrected chi connectivity index (χ3v) is 10.0. The molecule has 1 saturated heterocycles. The van der Waals surface area contributed by atoms with Crippen LogP contribution in [0.4, 0.5) is 11.5 Å². The Morgan fingerprint density at radius 2 is 2.03 bits per heavy atom. The standard InChI is InChI=1S/C23H24N6O3S/c1-22(14-3-4-14)21(24)29-23(12-33(22,30)31)9-13-10-26-19(8-16(13)23)28-17-5-6-25-18-7-15(32-2)11-27-20(17)18/h5-8,10-11,14H,3-4,9,12H2,1-2H3,(H2,24,29)(H,25,26,28)/t22-,23-/m0/s1. The zero-order valence-corrected chi connectivity index (χ0v) is 19.2. The smallest absolute Gasteiger partial charge is 0.165 e. The Labute approximate surface area is 191 Å². The average Bonchev–Trinajstić information content (AvgIpc) is 3.63. The normalized spacial score (nSPS) is 27.5. The minimum Gasteiger partial charge on any atom is -0.495 e. The molecule has 0 bridgehead atoms. The molecule has 1 spiro atoms. The van der Waals surface area contributed by atoms with Gasteiger partial charge in [-0.1, -0.05) is 0 Å². The molecule has 10 heteroatoms. The third kappa shape index (κ3) is 2.86. The van der Waals surface area contributed by atoms with Crippen molar-refractivity contribution in [2.75, 3.05) is 18.2 Å². The number of ether oxygens (including phenoxy) is 1. The fourth-order valence-electron chi connectivity index (χ4n) is 5.18. The summed E-state index contributed by atoms with van der Waals surface area (Å²) in [4.78, 5) is 13.3. The van der Waals surface area contributed by atoms with E-state index in [0.29, 0.717) is 29.0 Å². The van der Waals surface area contributed by atoms with E-state index in [4.69, 9.17) is 10.1 Å². The van der Waals surface area contributed by atoms with Crippen LogP contribution in [0.15, 0.2) is 36.8 Å². The molecule has 0 aromatic carbocycles. The molecule has 0 amide bonds. The lowest BCUT2D eigenvalue weighted by atomic mass is 9.72. The van der Waals surface area contributed by atoms with Crippen LogP contribution in [0.5, 0.6) is 5.75 Å². The number of aromatic nitrogens is 3. The van der Waals surface area contributed by atoms with E-state index >= 15 is 0 Å². The van der Waals surface area contributed by atoms with Gasteiger partial charge in [0.15, 0.2) is 9.84 Å². The Morgan fingerprint density at radius 1 is 1.21 bits per heavy atom. The molecule has 1 saturated carbocycles. The van der Waals surface area contributed by atoms with Gasteiger partial charge in [-0.2, -0.15) is 0 Å². The van der Waals surface area contributed by atoms with Crippen molar-refractivity contribution in [1.29, 1.82) is 5.41 Å². The van der Waals surface area contributed by atoms with Crippen LogP contribution in [-0.2, 0) is 21.8 Å². The number of hydrogen-bond acceptors (Lipinski definition) is 8. The molecule has 170 valence electrons. The van der Waals surface area contributed by atoms with Crippen molar-refractivity contribution < 1.29 is 13.2 Å². The van der Waals surface area contributed by atoms with E-state index in [1.54, 1.807) is 32.6 Å². The number of anilines is 2. The highest BCUT2D eigenvalue weighted by Gasteiger charge is 2.62. The first-order chi connectivity index (χ1) is 15.8. The summed E-state index contributed by atoms with van der Waals surface area (Å²) in [5, 5.41) is 15.2. The van der Waals surface area contributed by atoms with Crippen molar-refractivity contribution in [2.45, 2.75) is 36.5 Å². The number of nitrogens with one attached hydrogen (secondary N) is 3.